The van der Waals surface area contributed by atoms with E-state index in [1.165, 1.54) is 0 Å². The molecule has 6 nitrogen and oxygen atoms in total. The summed E-state index contributed by atoms with van der Waals surface area (Å²) in [5.74, 6) is 1.57. The molecule has 2 aromatic heterocycles. The molecule has 0 fully saturated rings. The van der Waals surface area contributed by atoms with Gasteiger partial charge in [0, 0.05) is 24.4 Å². The van der Waals surface area contributed by atoms with E-state index in [0.29, 0.717) is 6.61 Å². The molecule has 2 N–H and O–H groups in total. The fourth-order valence-corrected chi connectivity index (χ4v) is 2.45. The monoisotopic (exact) mass is 279 g/mol. The molecule has 1 aromatic carbocycles. The van der Waals surface area contributed by atoms with E-state index in [2.05, 4.69) is 25.5 Å². The lowest BCUT2D eigenvalue weighted by Crippen LogP contribution is -2.10. The van der Waals surface area contributed by atoms with E-state index in [1.54, 1.807) is 12.4 Å². The highest BCUT2D eigenvalue weighted by Crippen LogP contribution is 2.38. The Balaban J connectivity index is 1.81. The summed E-state index contributed by atoms with van der Waals surface area (Å²) in [6.45, 7) is 0.430. The molecular weight excluding hydrogens is 266 g/mol. The van der Waals surface area contributed by atoms with Crippen LogP contribution in [0.15, 0.2) is 36.8 Å². The summed E-state index contributed by atoms with van der Waals surface area (Å²) in [4.78, 5) is 8.99. The van der Waals surface area contributed by atoms with Crippen LogP contribution >= 0.6 is 0 Å². The average molecular weight is 279 g/mol. The van der Waals surface area contributed by atoms with Crippen molar-refractivity contribution in [3.63, 3.8) is 0 Å². The van der Waals surface area contributed by atoms with E-state index in [9.17, 15) is 0 Å². The molecule has 0 radical (unpaired) electrons. The van der Waals surface area contributed by atoms with E-state index in [1.807, 2.05) is 31.4 Å². The van der Waals surface area contributed by atoms with E-state index >= 15 is 0 Å². The highest BCUT2D eigenvalue weighted by Gasteiger charge is 2.20. The van der Waals surface area contributed by atoms with Crippen LogP contribution in [0.4, 0.5) is 5.82 Å². The van der Waals surface area contributed by atoms with Crippen LogP contribution in [0.1, 0.15) is 5.69 Å². The molecule has 0 saturated carbocycles. The van der Waals surface area contributed by atoms with Crippen LogP contribution in [-0.2, 0) is 6.61 Å². The van der Waals surface area contributed by atoms with Crippen LogP contribution in [0.3, 0.4) is 0 Å². The summed E-state index contributed by atoms with van der Waals surface area (Å²) in [6, 6.07) is 6.07. The number of ether oxygens (including phenoxy) is 1. The summed E-state index contributed by atoms with van der Waals surface area (Å²) in [6.07, 6.45) is 5.38. The molecule has 0 atom stereocenters. The summed E-state index contributed by atoms with van der Waals surface area (Å²) in [5.41, 5.74) is 4.80. The summed E-state index contributed by atoms with van der Waals surface area (Å²) < 4.78 is 5.83. The van der Waals surface area contributed by atoms with Crippen LogP contribution < -0.4 is 10.1 Å². The van der Waals surface area contributed by atoms with Gasteiger partial charge in [0.1, 0.15) is 23.9 Å². The van der Waals surface area contributed by atoms with Gasteiger partial charge < -0.3 is 10.1 Å². The topological polar surface area (TPSA) is 75.7 Å². The van der Waals surface area contributed by atoms with Gasteiger partial charge in [-0.05, 0) is 17.7 Å². The van der Waals surface area contributed by atoms with E-state index in [-0.39, 0.29) is 0 Å². The molecule has 1 aliphatic rings. The van der Waals surface area contributed by atoms with Gasteiger partial charge in [-0.1, -0.05) is 6.07 Å². The first-order valence-electron chi connectivity index (χ1n) is 6.65. The van der Waals surface area contributed by atoms with Crippen molar-refractivity contribution in [2.75, 3.05) is 12.4 Å². The van der Waals surface area contributed by atoms with Crippen molar-refractivity contribution in [2.24, 2.45) is 0 Å². The quantitative estimate of drug-likeness (QED) is 0.753. The van der Waals surface area contributed by atoms with Gasteiger partial charge in [-0.3, -0.25) is 10.1 Å². The number of rotatable bonds is 2. The summed E-state index contributed by atoms with van der Waals surface area (Å²) in [7, 11) is 1.82. The molecule has 0 spiro atoms. The van der Waals surface area contributed by atoms with Crippen LogP contribution in [-0.4, -0.2) is 27.2 Å². The molecule has 104 valence electrons. The maximum absolute atomic E-state index is 5.83. The average Bonchev–Trinajstić information content (AvgIpc) is 3.08. The number of hydrogen-bond acceptors (Lipinski definition) is 5. The lowest BCUT2D eigenvalue weighted by atomic mass is 10.0. The number of nitrogens with one attached hydrogen (secondary N) is 2. The zero-order chi connectivity index (χ0) is 14.2. The fourth-order valence-electron chi connectivity index (χ4n) is 2.45. The Bertz CT molecular complexity index is 798. The van der Waals surface area contributed by atoms with Gasteiger partial charge in [-0.2, -0.15) is 5.10 Å². The zero-order valence-corrected chi connectivity index (χ0v) is 11.4. The van der Waals surface area contributed by atoms with E-state index in [0.717, 1.165) is 39.6 Å². The smallest absolute Gasteiger partial charge is 0.144 e. The predicted octanol–water partition coefficient (Wildman–Crippen LogP) is 2.47. The Hall–Kier alpha value is -2.89. The van der Waals surface area contributed by atoms with E-state index < -0.39 is 0 Å². The Kier molecular flexibility index (Phi) is 2.60. The first-order chi connectivity index (χ1) is 10.3. The molecule has 21 heavy (non-hydrogen) atoms. The van der Waals surface area contributed by atoms with Crippen molar-refractivity contribution < 1.29 is 4.74 Å². The summed E-state index contributed by atoms with van der Waals surface area (Å²) >= 11 is 0. The number of aromatic amines is 1. The number of anilines is 1. The third-order valence-corrected chi connectivity index (χ3v) is 3.53. The van der Waals surface area contributed by atoms with Crippen molar-refractivity contribution in [1.82, 2.24) is 20.2 Å². The minimum atomic E-state index is 0.430. The maximum atomic E-state index is 5.83. The third kappa shape index (κ3) is 1.92. The third-order valence-electron chi connectivity index (χ3n) is 3.53. The Labute approximate surface area is 121 Å². The van der Waals surface area contributed by atoms with Gasteiger partial charge in [-0.15, -0.1) is 0 Å². The van der Waals surface area contributed by atoms with Crippen LogP contribution in [0.25, 0.3) is 22.4 Å². The Morgan fingerprint density at radius 1 is 1.24 bits per heavy atom. The van der Waals surface area contributed by atoms with Crippen molar-refractivity contribution in [2.45, 2.75) is 6.61 Å². The molecule has 3 heterocycles. The number of benzene rings is 1. The number of H-pyrrole nitrogens is 1. The standard InChI is InChI=1S/C15H13N5O/c1-16-14-7-17-15-11-3-2-9(10-5-18-19-6-10)4-13(11)21-8-12(15)20-14/h2-7H,8H2,1H3,(H,16,20)(H,18,19). The van der Waals surface area contributed by atoms with E-state index in [4.69, 9.17) is 4.74 Å². The molecule has 0 amide bonds. The number of nitrogens with zero attached hydrogens (tertiary/aromatic N) is 3. The Morgan fingerprint density at radius 2 is 2.19 bits per heavy atom. The molecule has 3 aromatic rings. The Morgan fingerprint density at radius 3 is 3.00 bits per heavy atom. The SMILES string of the molecule is CNc1cnc2c(n1)COc1cc(-c3cn[nH]c3)ccc1-2. The van der Waals surface area contributed by atoms with Gasteiger partial charge in [0.15, 0.2) is 0 Å². The second kappa shape index (κ2) is 4.59. The zero-order valence-electron chi connectivity index (χ0n) is 11.4. The first-order valence-corrected chi connectivity index (χ1v) is 6.65. The molecule has 0 unspecified atom stereocenters. The predicted molar refractivity (Wildman–Crippen MR) is 78.9 cm³/mol. The van der Waals surface area contributed by atoms with Crippen molar-refractivity contribution in [1.29, 1.82) is 0 Å². The minimum Gasteiger partial charge on any atom is -0.486 e. The summed E-state index contributed by atoms with van der Waals surface area (Å²) in [5, 5.41) is 9.78. The molecule has 6 heteroatoms. The van der Waals surface area contributed by atoms with Crippen LogP contribution in [0.2, 0.25) is 0 Å². The van der Waals surface area contributed by atoms with Crippen molar-refractivity contribution in [3.05, 3.63) is 42.5 Å². The van der Waals surface area contributed by atoms with Crippen LogP contribution in [0, 0.1) is 0 Å². The normalized spacial score (nSPS) is 12.2. The van der Waals surface area contributed by atoms with Gasteiger partial charge in [0.05, 0.1) is 18.1 Å². The van der Waals surface area contributed by atoms with Crippen LogP contribution in [0.5, 0.6) is 5.75 Å². The van der Waals surface area contributed by atoms with Gasteiger partial charge in [0.2, 0.25) is 0 Å². The van der Waals surface area contributed by atoms with Gasteiger partial charge in [0.25, 0.3) is 0 Å². The second-order valence-electron chi connectivity index (χ2n) is 4.79. The van der Waals surface area contributed by atoms with Crippen molar-refractivity contribution in [3.8, 4) is 28.1 Å². The minimum absolute atomic E-state index is 0.430. The highest BCUT2D eigenvalue weighted by atomic mass is 16.5. The largest absolute Gasteiger partial charge is 0.486 e. The number of fused-ring (bicyclic) bond motifs is 3. The molecule has 4 rings (SSSR count). The first kappa shape index (κ1) is 11.9. The molecule has 0 saturated heterocycles. The molecular formula is C15H13N5O. The van der Waals surface area contributed by atoms with Gasteiger partial charge >= 0.3 is 0 Å². The second-order valence-corrected chi connectivity index (χ2v) is 4.79. The molecule has 0 aliphatic carbocycles. The van der Waals surface area contributed by atoms with Gasteiger partial charge in [-0.25, -0.2) is 4.98 Å². The molecule has 1 aliphatic heterocycles. The lowest BCUT2D eigenvalue weighted by molar-refractivity contribution is 0.296. The number of aromatic nitrogens is 4. The maximum Gasteiger partial charge on any atom is 0.144 e. The molecule has 0 bridgehead atoms. The fraction of sp³-hybridized carbons (Fsp3) is 0.133. The lowest BCUT2D eigenvalue weighted by Gasteiger charge is -2.20. The van der Waals surface area contributed by atoms with Crippen molar-refractivity contribution >= 4 is 5.82 Å². The highest BCUT2D eigenvalue weighted by molar-refractivity contribution is 5.76. The number of hydrogen-bond donors (Lipinski definition) is 2.